The normalized spacial score (nSPS) is 18.7. The number of aromatic nitrogens is 1. The first kappa shape index (κ1) is 32.6. The molecule has 0 amide bonds. The number of hydrogen-bond acceptors (Lipinski definition) is 3. The second-order valence-electron chi connectivity index (χ2n) is 17.9. The maximum atomic E-state index is 6.59. The lowest BCUT2D eigenvalue weighted by molar-refractivity contribution is 0.332. The first-order chi connectivity index (χ1) is 26.5. The lowest BCUT2D eigenvalue weighted by Crippen LogP contribution is -2.33. The van der Waals surface area contributed by atoms with E-state index in [0.717, 1.165) is 44.9 Å². The summed E-state index contributed by atoms with van der Waals surface area (Å²) < 4.78 is 9.05. The summed E-state index contributed by atoms with van der Waals surface area (Å²) in [4.78, 5) is 5.58. The van der Waals surface area contributed by atoms with Gasteiger partial charge >= 0.3 is 0 Å². The third kappa shape index (κ3) is 4.61. The molecule has 0 spiro atoms. The molecule has 11 rings (SSSR count). The molecular formula is C51H45N3O. The molecule has 270 valence electrons. The van der Waals surface area contributed by atoms with Crippen LogP contribution in [0.15, 0.2) is 137 Å². The Morgan fingerprint density at radius 1 is 0.600 bits per heavy atom. The Balaban J connectivity index is 1.09. The standard InChI is InChI=1S/C51H45N3O/c1-49(2)24-25-50(3,4)41-29-43-37(28-40(41)49)34-17-8-11-20-42(34)54(43)32-15-13-14-31(26-32)47-52-46(45-35-18-9-12-21-44(35)55-48(45)53-47)30-22-23-39-36(27-30)33-16-7-10-19-38(33)51(39,5)6/h7-23,26-29,47,53H,24-25H2,1-6H3. The Hall–Kier alpha value is -5.87. The molecule has 2 aromatic heterocycles. The van der Waals surface area contributed by atoms with Crippen molar-refractivity contribution in [3.05, 3.63) is 166 Å². The highest BCUT2D eigenvalue weighted by Crippen LogP contribution is 2.51. The number of furan rings is 1. The van der Waals surface area contributed by atoms with Crippen LogP contribution in [-0.2, 0) is 16.2 Å². The van der Waals surface area contributed by atoms with Gasteiger partial charge in [-0.15, -0.1) is 0 Å². The molecule has 1 N–H and O–H groups in total. The van der Waals surface area contributed by atoms with Crippen LogP contribution in [-0.4, -0.2) is 10.3 Å². The van der Waals surface area contributed by atoms with E-state index in [2.05, 4.69) is 167 Å². The molecule has 1 aliphatic heterocycles. The molecule has 6 aromatic carbocycles. The van der Waals surface area contributed by atoms with E-state index in [-0.39, 0.29) is 22.4 Å². The van der Waals surface area contributed by atoms with Crippen molar-refractivity contribution in [3.8, 4) is 16.8 Å². The van der Waals surface area contributed by atoms with Gasteiger partial charge in [0.15, 0.2) is 0 Å². The third-order valence-electron chi connectivity index (χ3n) is 13.3. The van der Waals surface area contributed by atoms with Crippen LogP contribution in [0.25, 0.3) is 49.6 Å². The quantitative estimate of drug-likeness (QED) is 0.198. The van der Waals surface area contributed by atoms with E-state index in [1.54, 1.807) is 0 Å². The maximum absolute atomic E-state index is 6.59. The predicted octanol–water partition coefficient (Wildman–Crippen LogP) is 13.1. The van der Waals surface area contributed by atoms with E-state index in [4.69, 9.17) is 9.41 Å². The highest BCUT2D eigenvalue weighted by molar-refractivity contribution is 6.23. The van der Waals surface area contributed by atoms with Crippen molar-refractivity contribution in [2.75, 3.05) is 5.32 Å². The van der Waals surface area contributed by atoms with Gasteiger partial charge in [0.1, 0.15) is 11.7 Å². The number of hydrogen-bond donors (Lipinski definition) is 1. The van der Waals surface area contributed by atoms with Crippen LogP contribution in [0, 0.1) is 0 Å². The highest BCUT2D eigenvalue weighted by atomic mass is 16.4. The van der Waals surface area contributed by atoms with E-state index in [0.29, 0.717) is 0 Å². The van der Waals surface area contributed by atoms with Gasteiger partial charge in [0.2, 0.25) is 5.88 Å². The van der Waals surface area contributed by atoms with Crippen LogP contribution in [0.4, 0.5) is 5.88 Å². The molecule has 3 heterocycles. The van der Waals surface area contributed by atoms with E-state index in [1.807, 2.05) is 12.1 Å². The van der Waals surface area contributed by atoms with Gasteiger partial charge < -0.3 is 14.3 Å². The monoisotopic (exact) mass is 715 g/mol. The molecular weight excluding hydrogens is 671 g/mol. The molecule has 0 fully saturated rings. The van der Waals surface area contributed by atoms with Crippen molar-refractivity contribution in [1.29, 1.82) is 0 Å². The molecule has 8 aromatic rings. The average Bonchev–Trinajstić information content (AvgIpc) is 3.81. The Kier molecular flexibility index (Phi) is 6.57. The van der Waals surface area contributed by atoms with E-state index >= 15 is 0 Å². The van der Waals surface area contributed by atoms with Crippen molar-refractivity contribution in [2.24, 2.45) is 4.99 Å². The van der Waals surface area contributed by atoms with Crippen LogP contribution in [0.2, 0.25) is 0 Å². The number of para-hydroxylation sites is 2. The van der Waals surface area contributed by atoms with Crippen LogP contribution in [0.3, 0.4) is 0 Å². The zero-order valence-corrected chi connectivity index (χ0v) is 32.4. The van der Waals surface area contributed by atoms with Crippen LogP contribution in [0.1, 0.15) is 99.5 Å². The van der Waals surface area contributed by atoms with Gasteiger partial charge in [-0.3, -0.25) is 4.99 Å². The molecule has 4 nitrogen and oxygen atoms in total. The number of rotatable bonds is 3. The number of benzene rings is 6. The molecule has 55 heavy (non-hydrogen) atoms. The summed E-state index contributed by atoms with van der Waals surface area (Å²) in [6.07, 6.45) is 2.03. The van der Waals surface area contributed by atoms with Gasteiger partial charge in [0.25, 0.3) is 0 Å². The molecule has 0 saturated heterocycles. The third-order valence-corrected chi connectivity index (χ3v) is 13.3. The number of fused-ring (bicyclic) bond motifs is 10. The minimum atomic E-state index is -0.347. The smallest absolute Gasteiger partial charge is 0.205 e. The summed E-state index contributed by atoms with van der Waals surface area (Å²) in [5.74, 6) is 0.760. The molecule has 2 aliphatic carbocycles. The Labute approximate surface area is 322 Å². The molecule has 3 aliphatic rings. The van der Waals surface area contributed by atoms with Gasteiger partial charge in [0.05, 0.1) is 22.3 Å². The SMILES string of the molecule is CC1(C)CCC(C)(C)c2cc3c(cc21)c1ccccc1n3-c1cccc(C2N=C(c3ccc4c(c3)-c3ccccc3C4(C)C)c3c(oc4ccccc34)N2)c1. The average molecular weight is 716 g/mol. The summed E-state index contributed by atoms with van der Waals surface area (Å²) in [7, 11) is 0. The zero-order chi connectivity index (χ0) is 37.4. The van der Waals surface area contributed by atoms with Crippen LogP contribution >= 0.6 is 0 Å². The first-order valence-electron chi connectivity index (χ1n) is 19.8. The maximum Gasteiger partial charge on any atom is 0.205 e. The van der Waals surface area contributed by atoms with Crippen molar-refractivity contribution in [1.82, 2.24) is 4.57 Å². The summed E-state index contributed by atoms with van der Waals surface area (Å²) in [5.41, 5.74) is 17.1. The summed E-state index contributed by atoms with van der Waals surface area (Å²) in [5, 5.41) is 7.40. The second kappa shape index (κ2) is 11.1. The summed E-state index contributed by atoms with van der Waals surface area (Å²) in [6.45, 7) is 14.3. The van der Waals surface area contributed by atoms with E-state index in [9.17, 15) is 0 Å². The van der Waals surface area contributed by atoms with Gasteiger partial charge in [-0.25, -0.2) is 0 Å². The fourth-order valence-electron chi connectivity index (χ4n) is 10.1. The second-order valence-corrected chi connectivity index (χ2v) is 17.9. The Bertz CT molecular complexity index is 2950. The van der Waals surface area contributed by atoms with E-state index in [1.165, 1.54) is 68.0 Å². The van der Waals surface area contributed by atoms with Gasteiger partial charge in [-0.1, -0.05) is 126 Å². The van der Waals surface area contributed by atoms with Gasteiger partial charge in [-0.2, -0.15) is 0 Å². The summed E-state index contributed by atoms with van der Waals surface area (Å²) >= 11 is 0. The van der Waals surface area contributed by atoms with Crippen molar-refractivity contribution >= 4 is 44.4 Å². The van der Waals surface area contributed by atoms with Gasteiger partial charge in [0, 0.05) is 32.8 Å². The summed E-state index contributed by atoms with van der Waals surface area (Å²) in [6, 6.07) is 46.9. The Morgan fingerprint density at radius 3 is 2.15 bits per heavy atom. The zero-order valence-electron chi connectivity index (χ0n) is 32.4. The molecule has 1 atom stereocenters. The molecule has 0 radical (unpaired) electrons. The minimum Gasteiger partial charge on any atom is -0.440 e. The van der Waals surface area contributed by atoms with Gasteiger partial charge in [-0.05, 0) is 105 Å². The van der Waals surface area contributed by atoms with Crippen molar-refractivity contribution < 1.29 is 4.42 Å². The van der Waals surface area contributed by atoms with Crippen molar-refractivity contribution in [2.45, 2.75) is 76.8 Å². The lowest BCUT2D eigenvalue weighted by Gasteiger charge is -2.42. The fourth-order valence-corrected chi connectivity index (χ4v) is 10.1. The highest BCUT2D eigenvalue weighted by Gasteiger charge is 2.39. The topological polar surface area (TPSA) is 42.5 Å². The fraction of sp³-hybridized carbons (Fsp3) is 0.235. The molecule has 1 unspecified atom stereocenters. The predicted molar refractivity (Wildman–Crippen MR) is 228 cm³/mol. The Morgan fingerprint density at radius 2 is 1.31 bits per heavy atom. The number of aliphatic imine (C=N–C) groups is 1. The lowest BCUT2D eigenvalue weighted by atomic mass is 9.63. The van der Waals surface area contributed by atoms with Crippen LogP contribution < -0.4 is 5.32 Å². The number of anilines is 1. The minimum absolute atomic E-state index is 0.0606. The largest absolute Gasteiger partial charge is 0.440 e. The molecule has 4 heteroatoms. The number of nitrogens with one attached hydrogen (secondary N) is 1. The number of nitrogens with zero attached hydrogens (tertiary/aromatic N) is 2. The molecule has 0 bridgehead atoms. The van der Waals surface area contributed by atoms with Crippen LogP contribution in [0.5, 0.6) is 0 Å². The molecule has 0 saturated carbocycles. The van der Waals surface area contributed by atoms with Crippen molar-refractivity contribution in [3.63, 3.8) is 0 Å². The first-order valence-corrected chi connectivity index (χ1v) is 19.8. The van der Waals surface area contributed by atoms with E-state index < -0.39 is 0 Å².